The predicted octanol–water partition coefficient (Wildman–Crippen LogP) is 1.84. The molecule has 0 amide bonds. The molecular formula is C11H11BrFN3O4. The van der Waals surface area contributed by atoms with Gasteiger partial charge in [0.2, 0.25) is 11.5 Å². The number of alkyl halides is 1. The van der Waals surface area contributed by atoms with Gasteiger partial charge in [0.05, 0.1) is 18.6 Å². The van der Waals surface area contributed by atoms with Crippen molar-refractivity contribution in [1.82, 2.24) is 4.98 Å². The summed E-state index contributed by atoms with van der Waals surface area (Å²) in [7, 11) is 1.10. The summed E-state index contributed by atoms with van der Waals surface area (Å²) in [6, 6.07) is 1.29. The fourth-order valence-corrected chi connectivity index (χ4v) is 2.42. The van der Waals surface area contributed by atoms with Gasteiger partial charge in [0.15, 0.2) is 0 Å². The van der Waals surface area contributed by atoms with Crippen LogP contribution in [0.4, 0.5) is 15.9 Å². The minimum absolute atomic E-state index is 0.0432. The van der Waals surface area contributed by atoms with E-state index in [4.69, 9.17) is 0 Å². The third-order valence-corrected chi connectivity index (χ3v) is 3.51. The van der Waals surface area contributed by atoms with Crippen molar-refractivity contribution in [3.05, 3.63) is 26.9 Å². The van der Waals surface area contributed by atoms with E-state index < -0.39 is 16.6 Å². The third kappa shape index (κ3) is 2.58. The van der Waals surface area contributed by atoms with Gasteiger partial charge in [0, 0.05) is 29.7 Å². The topological polar surface area (TPSA) is 85.6 Å². The maximum Gasteiger partial charge on any atom is 0.345 e. The lowest BCUT2D eigenvalue weighted by molar-refractivity contribution is -0.384. The minimum atomic E-state index is -2.16. The van der Waals surface area contributed by atoms with Gasteiger partial charge in [-0.2, -0.15) is 0 Å². The molecule has 0 unspecified atom stereocenters. The van der Waals surface area contributed by atoms with Crippen LogP contribution in [-0.4, -0.2) is 41.7 Å². The molecule has 1 fully saturated rings. The van der Waals surface area contributed by atoms with E-state index >= 15 is 0 Å². The van der Waals surface area contributed by atoms with Crippen LogP contribution in [0.3, 0.4) is 0 Å². The molecule has 1 atom stereocenters. The SMILES string of the molecule is COC(=O)[C@@]1(F)CCN(c2ncc(Br)cc2[N+](=O)[O-])C1. The summed E-state index contributed by atoms with van der Waals surface area (Å²) in [6.45, 7) is -0.157. The maximum atomic E-state index is 14.3. The number of aromatic nitrogens is 1. The number of pyridine rings is 1. The number of carbonyl (C=O) groups is 1. The number of esters is 1. The summed E-state index contributed by atoms with van der Waals surface area (Å²) < 4.78 is 19.2. The Balaban J connectivity index is 2.31. The van der Waals surface area contributed by atoms with Crippen molar-refractivity contribution in [3.63, 3.8) is 0 Å². The van der Waals surface area contributed by atoms with Gasteiger partial charge in [-0.1, -0.05) is 0 Å². The van der Waals surface area contributed by atoms with E-state index in [0.717, 1.165) is 7.11 Å². The van der Waals surface area contributed by atoms with E-state index in [-0.39, 0.29) is 31.0 Å². The molecule has 0 bridgehead atoms. The van der Waals surface area contributed by atoms with Crippen molar-refractivity contribution >= 4 is 33.4 Å². The smallest absolute Gasteiger partial charge is 0.345 e. The highest BCUT2D eigenvalue weighted by Crippen LogP contribution is 2.35. The van der Waals surface area contributed by atoms with Gasteiger partial charge in [-0.15, -0.1) is 0 Å². The van der Waals surface area contributed by atoms with Crippen molar-refractivity contribution in [2.75, 3.05) is 25.1 Å². The van der Waals surface area contributed by atoms with Gasteiger partial charge >= 0.3 is 11.7 Å². The summed E-state index contributed by atoms with van der Waals surface area (Å²) in [5, 5.41) is 11.0. The van der Waals surface area contributed by atoms with E-state index in [1.54, 1.807) is 0 Å². The molecule has 9 heteroatoms. The number of methoxy groups -OCH3 is 1. The Morgan fingerprint density at radius 1 is 1.70 bits per heavy atom. The first-order valence-electron chi connectivity index (χ1n) is 5.69. The summed E-state index contributed by atoms with van der Waals surface area (Å²) >= 11 is 3.10. The molecule has 0 aromatic carbocycles. The van der Waals surface area contributed by atoms with Crippen LogP contribution < -0.4 is 4.90 Å². The van der Waals surface area contributed by atoms with Gasteiger partial charge in [0.25, 0.3) is 0 Å². The van der Waals surface area contributed by atoms with E-state index in [1.165, 1.54) is 17.2 Å². The number of ether oxygens (including phenoxy) is 1. The molecule has 0 aliphatic carbocycles. The molecule has 2 rings (SSSR count). The highest BCUT2D eigenvalue weighted by molar-refractivity contribution is 9.10. The average Bonchev–Trinajstić information content (AvgIpc) is 2.81. The first-order chi connectivity index (χ1) is 9.37. The van der Waals surface area contributed by atoms with Crippen molar-refractivity contribution in [2.45, 2.75) is 12.1 Å². The molecule has 108 valence electrons. The van der Waals surface area contributed by atoms with Crippen molar-refractivity contribution in [2.24, 2.45) is 0 Å². The van der Waals surface area contributed by atoms with E-state index in [9.17, 15) is 19.3 Å². The lowest BCUT2D eigenvalue weighted by Gasteiger charge is -2.19. The monoisotopic (exact) mass is 347 g/mol. The van der Waals surface area contributed by atoms with Crippen molar-refractivity contribution in [3.8, 4) is 0 Å². The predicted molar refractivity (Wildman–Crippen MR) is 71.3 cm³/mol. The van der Waals surface area contributed by atoms with Gasteiger partial charge in [0.1, 0.15) is 0 Å². The summed E-state index contributed by atoms with van der Waals surface area (Å²) in [6.07, 6.45) is 1.30. The second-order valence-electron chi connectivity index (χ2n) is 4.38. The molecule has 0 spiro atoms. The first kappa shape index (κ1) is 14.6. The zero-order chi connectivity index (χ0) is 14.9. The molecule has 20 heavy (non-hydrogen) atoms. The maximum absolute atomic E-state index is 14.3. The van der Waals surface area contributed by atoms with Crippen LogP contribution in [0.1, 0.15) is 6.42 Å². The summed E-state index contributed by atoms with van der Waals surface area (Å²) in [5.74, 6) is -0.929. The Morgan fingerprint density at radius 2 is 2.40 bits per heavy atom. The average molecular weight is 348 g/mol. The number of nitrogens with zero attached hydrogens (tertiary/aromatic N) is 3. The van der Waals surface area contributed by atoms with Crippen LogP contribution in [0.25, 0.3) is 0 Å². The highest BCUT2D eigenvalue weighted by atomic mass is 79.9. The second kappa shape index (κ2) is 5.31. The summed E-state index contributed by atoms with van der Waals surface area (Å²) in [5.41, 5.74) is -2.40. The van der Waals surface area contributed by atoms with Gasteiger partial charge < -0.3 is 9.64 Å². The minimum Gasteiger partial charge on any atom is -0.467 e. The molecule has 2 heterocycles. The Bertz CT molecular complexity index is 571. The Labute approximate surface area is 122 Å². The zero-order valence-electron chi connectivity index (χ0n) is 10.5. The second-order valence-corrected chi connectivity index (χ2v) is 5.30. The quantitative estimate of drug-likeness (QED) is 0.471. The van der Waals surface area contributed by atoms with Gasteiger partial charge in [-0.3, -0.25) is 10.1 Å². The fourth-order valence-electron chi connectivity index (χ4n) is 2.10. The van der Waals surface area contributed by atoms with Gasteiger partial charge in [-0.05, 0) is 15.9 Å². The van der Waals surface area contributed by atoms with Crippen LogP contribution in [0.5, 0.6) is 0 Å². The standard InChI is InChI=1S/C11H11BrFN3O4/c1-20-10(17)11(13)2-3-15(6-11)9-8(16(18)19)4-7(12)5-14-9/h4-5H,2-3,6H2,1H3/t11-/m1/s1. The van der Waals surface area contributed by atoms with Gasteiger partial charge in [-0.25, -0.2) is 14.2 Å². The lowest BCUT2D eigenvalue weighted by atomic mass is 10.1. The Kier molecular flexibility index (Phi) is 3.89. The Hall–Kier alpha value is -1.77. The molecule has 1 aromatic rings. The molecular weight excluding hydrogens is 337 g/mol. The number of hydrogen-bond acceptors (Lipinski definition) is 6. The summed E-state index contributed by atoms with van der Waals surface area (Å²) in [4.78, 5) is 27.1. The lowest BCUT2D eigenvalue weighted by Crippen LogP contribution is -2.38. The molecule has 0 saturated carbocycles. The van der Waals surface area contributed by atoms with E-state index in [0.29, 0.717) is 4.47 Å². The number of halogens is 2. The zero-order valence-corrected chi connectivity index (χ0v) is 12.1. The number of rotatable bonds is 3. The van der Waals surface area contributed by atoms with Crippen LogP contribution in [-0.2, 0) is 9.53 Å². The van der Waals surface area contributed by atoms with Crippen LogP contribution >= 0.6 is 15.9 Å². The van der Waals surface area contributed by atoms with Crippen molar-refractivity contribution in [1.29, 1.82) is 0 Å². The van der Waals surface area contributed by atoms with Crippen LogP contribution in [0.15, 0.2) is 16.7 Å². The van der Waals surface area contributed by atoms with E-state index in [1.807, 2.05) is 0 Å². The first-order valence-corrected chi connectivity index (χ1v) is 6.49. The normalized spacial score (nSPS) is 21.9. The van der Waals surface area contributed by atoms with Crippen LogP contribution in [0.2, 0.25) is 0 Å². The molecule has 1 aliphatic heterocycles. The fraction of sp³-hybridized carbons (Fsp3) is 0.455. The molecule has 7 nitrogen and oxygen atoms in total. The molecule has 0 N–H and O–H groups in total. The molecule has 1 saturated heterocycles. The highest BCUT2D eigenvalue weighted by Gasteiger charge is 2.47. The molecule has 1 aromatic heterocycles. The molecule has 0 radical (unpaired) electrons. The van der Waals surface area contributed by atoms with Crippen molar-refractivity contribution < 1.29 is 18.8 Å². The number of anilines is 1. The number of nitro groups is 1. The number of hydrogen-bond donors (Lipinski definition) is 0. The molecule has 1 aliphatic rings. The third-order valence-electron chi connectivity index (χ3n) is 3.08. The van der Waals surface area contributed by atoms with Crippen LogP contribution in [0, 0.1) is 10.1 Å². The Morgan fingerprint density at radius 3 is 3.00 bits per heavy atom. The number of carbonyl (C=O) groups excluding carboxylic acids is 1. The van der Waals surface area contributed by atoms with E-state index in [2.05, 4.69) is 25.7 Å². The largest absolute Gasteiger partial charge is 0.467 e.